The lowest BCUT2D eigenvalue weighted by Gasteiger charge is -2.17. The lowest BCUT2D eigenvalue weighted by atomic mass is 9.96. The van der Waals surface area contributed by atoms with Crippen LogP contribution in [-0.4, -0.2) is 11.5 Å². The van der Waals surface area contributed by atoms with Crippen molar-refractivity contribution in [1.29, 1.82) is 0 Å². The van der Waals surface area contributed by atoms with E-state index in [0.29, 0.717) is 6.04 Å². The zero-order chi connectivity index (χ0) is 13.4. The normalized spacial score (nSPS) is 19.4. The Kier molecular flexibility index (Phi) is 3.36. The molecule has 0 saturated carbocycles. The van der Waals surface area contributed by atoms with E-state index in [1.54, 1.807) is 5.56 Å². The van der Waals surface area contributed by atoms with Gasteiger partial charge in [-0.3, -0.25) is 0 Å². The van der Waals surface area contributed by atoms with Crippen LogP contribution in [0, 0.1) is 13.8 Å². The number of aryl methyl sites for hydroxylation is 3. The fourth-order valence-electron chi connectivity index (χ4n) is 3.52. The van der Waals surface area contributed by atoms with Crippen LogP contribution in [0.4, 0.5) is 0 Å². The Morgan fingerprint density at radius 3 is 2.79 bits per heavy atom. The highest BCUT2D eigenvalue weighted by molar-refractivity contribution is 5.90. The van der Waals surface area contributed by atoms with E-state index >= 15 is 0 Å². The summed E-state index contributed by atoms with van der Waals surface area (Å²) in [5.74, 6) is 0. The zero-order valence-corrected chi connectivity index (χ0v) is 12.3. The van der Waals surface area contributed by atoms with Crippen molar-refractivity contribution < 1.29 is 0 Å². The van der Waals surface area contributed by atoms with Gasteiger partial charge >= 0.3 is 0 Å². The summed E-state index contributed by atoms with van der Waals surface area (Å²) in [6.45, 7) is 7.70. The summed E-state index contributed by atoms with van der Waals surface area (Å²) in [6, 6.07) is 5.02. The van der Waals surface area contributed by atoms with E-state index in [-0.39, 0.29) is 0 Å². The van der Waals surface area contributed by atoms with Gasteiger partial charge in [0.25, 0.3) is 0 Å². The van der Waals surface area contributed by atoms with Gasteiger partial charge < -0.3 is 10.3 Å². The van der Waals surface area contributed by atoms with Gasteiger partial charge in [0, 0.05) is 22.6 Å². The first-order valence-electron chi connectivity index (χ1n) is 7.56. The van der Waals surface area contributed by atoms with Gasteiger partial charge in [-0.05, 0) is 56.3 Å². The molecule has 2 aromatic rings. The molecule has 102 valence electrons. The third-order valence-corrected chi connectivity index (χ3v) is 4.46. The SMILES string of the molecule is CCNC1CCCCc2[nH]c3c(C)ccc(C)c3c21. The Morgan fingerprint density at radius 2 is 2.00 bits per heavy atom. The molecule has 1 heterocycles. The Hall–Kier alpha value is -1.28. The van der Waals surface area contributed by atoms with Crippen molar-refractivity contribution >= 4 is 10.9 Å². The summed E-state index contributed by atoms with van der Waals surface area (Å²) < 4.78 is 0. The molecule has 2 N–H and O–H groups in total. The van der Waals surface area contributed by atoms with Gasteiger partial charge in [-0.1, -0.05) is 25.5 Å². The third-order valence-electron chi connectivity index (χ3n) is 4.46. The maximum atomic E-state index is 3.71. The molecule has 1 aromatic heterocycles. The van der Waals surface area contributed by atoms with Crippen molar-refractivity contribution in [2.24, 2.45) is 0 Å². The first-order chi connectivity index (χ1) is 9.22. The minimum Gasteiger partial charge on any atom is -0.358 e. The predicted octanol–water partition coefficient (Wildman–Crippen LogP) is 4.16. The van der Waals surface area contributed by atoms with E-state index in [2.05, 4.69) is 43.2 Å². The van der Waals surface area contributed by atoms with E-state index < -0.39 is 0 Å². The van der Waals surface area contributed by atoms with Crippen LogP contribution >= 0.6 is 0 Å². The molecular formula is C17H24N2. The van der Waals surface area contributed by atoms with Crippen molar-refractivity contribution in [2.45, 2.75) is 52.5 Å². The molecule has 1 aromatic carbocycles. The lowest BCUT2D eigenvalue weighted by Crippen LogP contribution is -2.20. The molecule has 2 nitrogen and oxygen atoms in total. The highest BCUT2D eigenvalue weighted by Crippen LogP contribution is 2.37. The second-order valence-electron chi connectivity index (χ2n) is 5.82. The first-order valence-corrected chi connectivity index (χ1v) is 7.56. The van der Waals surface area contributed by atoms with Crippen molar-refractivity contribution in [1.82, 2.24) is 10.3 Å². The Labute approximate surface area is 115 Å². The lowest BCUT2D eigenvalue weighted by molar-refractivity contribution is 0.506. The van der Waals surface area contributed by atoms with Gasteiger partial charge in [0.15, 0.2) is 0 Å². The molecule has 1 unspecified atom stereocenters. The maximum Gasteiger partial charge on any atom is 0.0491 e. The van der Waals surface area contributed by atoms with Crippen molar-refractivity contribution in [3.8, 4) is 0 Å². The highest BCUT2D eigenvalue weighted by atomic mass is 14.9. The Balaban J connectivity index is 2.26. The second kappa shape index (κ2) is 5.01. The number of H-pyrrole nitrogens is 1. The summed E-state index contributed by atoms with van der Waals surface area (Å²) in [7, 11) is 0. The molecule has 2 heteroatoms. The van der Waals surface area contributed by atoms with Gasteiger partial charge in [0.2, 0.25) is 0 Å². The first kappa shape index (κ1) is 12.7. The van der Waals surface area contributed by atoms with Crippen LogP contribution in [0.25, 0.3) is 10.9 Å². The largest absolute Gasteiger partial charge is 0.358 e. The zero-order valence-electron chi connectivity index (χ0n) is 12.3. The number of aromatic amines is 1. The van der Waals surface area contributed by atoms with Crippen LogP contribution in [0.15, 0.2) is 12.1 Å². The smallest absolute Gasteiger partial charge is 0.0491 e. The second-order valence-corrected chi connectivity index (χ2v) is 5.82. The molecule has 3 rings (SSSR count). The van der Waals surface area contributed by atoms with Crippen LogP contribution in [0.2, 0.25) is 0 Å². The molecule has 0 fully saturated rings. The van der Waals surface area contributed by atoms with E-state index in [1.807, 2.05) is 0 Å². The van der Waals surface area contributed by atoms with Crippen LogP contribution in [0.1, 0.15) is 54.6 Å². The number of benzene rings is 1. The molecule has 0 spiro atoms. The number of fused-ring (bicyclic) bond motifs is 3. The maximum absolute atomic E-state index is 3.71. The molecule has 19 heavy (non-hydrogen) atoms. The van der Waals surface area contributed by atoms with Crippen molar-refractivity contribution in [3.05, 3.63) is 34.5 Å². The molecule has 1 aliphatic rings. The van der Waals surface area contributed by atoms with Gasteiger partial charge in [-0.25, -0.2) is 0 Å². The molecule has 0 aliphatic heterocycles. The van der Waals surface area contributed by atoms with Gasteiger partial charge in [0.1, 0.15) is 0 Å². The topological polar surface area (TPSA) is 27.8 Å². The van der Waals surface area contributed by atoms with E-state index in [1.165, 1.54) is 53.4 Å². The molecule has 1 aliphatic carbocycles. The van der Waals surface area contributed by atoms with Gasteiger partial charge in [0.05, 0.1) is 0 Å². The monoisotopic (exact) mass is 256 g/mol. The van der Waals surface area contributed by atoms with Gasteiger partial charge in [-0.2, -0.15) is 0 Å². The molecule has 0 saturated heterocycles. The molecule has 1 atom stereocenters. The summed E-state index contributed by atoms with van der Waals surface area (Å²) >= 11 is 0. The highest BCUT2D eigenvalue weighted by Gasteiger charge is 2.23. The van der Waals surface area contributed by atoms with Crippen LogP contribution in [0.3, 0.4) is 0 Å². The summed E-state index contributed by atoms with van der Waals surface area (Å²) in [5.41, 5.74) is 7.15. The Bertz CT molecular complexity index is 595. The third kappa shape index (κ3) is 2.08. The van der Waals surface area contributed by atoms with Crippen LogP contribution < -0.4 is 5.32 Å². The van der Waals surface area contributed by atoms with Gasteiger partial charge in [-0.15, -0.1) is 0 Å². The van der Waals surface area contributed by atoms with E-state index in [4.69, 9.17) is 0 Å². The fraction of sp³-hybridized carbons (Fsp3) is 0.529. The number of hydrogen-bond donors (Lipinski definition) is 2. The molecule has 0 bridgehead atoms. The Morgan fingerprint density at radius 1 is 1.21 bits per heavy atom. The average Bonchev–Trinajstić information content (AvgIpc) is 2.68. The number of nitrogens with one attached hydrogen (secondary N) is 2. The molecule has 0 amide bonds. The fourth-order valence-corrected chi connectivity index (χ4v) is 3.52. The van der Waals surface area contributed by atoms with E-state index in [9.17, 15) is 0 Å². The minimum atomic E-state index is 0.525. The van der Waals surface area contributed by atoms with Crippen LogP contribution in [-0.2, 0) is 6.42 Å². The van der Waals surface area contributed by atoms with Crippen molar-refractivity contribution in [2.75, 3.05) is 6.54 Å². The predicted molar refractivity (Wildman–Crippen MR) is 81.7 cm³/mol. The number of rotatable bonds is 2. The summed E-state index contributed by atoms with van der Waals surface area (Å²) in [4.78, 5) is 3.71. The van der Waals surface area contributed by atoms with Crippen LogP contribution in [0.5, 0.6) is 0 Å². The summed E-state index contributed by atoms with van der Waals surface area (Å²) in [6.07, 6.45) is 5.10. The minimum absolute atomic E-state index is 0.525. The standard InChI is InChI=1S/C17H24N2/c1-4-18-13-7-5-6-8-14-16(13)15-11(2)9-10-12(3)17(15)19-14/h9-10,13,18-19H,4-8H2,1-3H3. The number of aromatic nitrogens is 1. The molecular weight excluding hydrogens is 232 g/mol. The average molecular weight is 256 g/mol. The molecule has 0 radical (unpaired) electrons. The number of hydrogen-bond acceptors (Lipinski definition) is 1. The van der Waals surface area contributed by atoms with E-state index in [0.717, 1.165) is 6.54 Å². The van der Waals surface area contributed by atoms with Crippen molar-refractivity contribution in [3.63, 3.8) is 0 Å². The quantitative estimate of drug-likeness (QED) is 0.776. The summed E-state index contributed by atoms with van der Waals surface area (Å²) in [5, 5.41) is 5.16.